The first-order valence-electron chi connectivity index (χ1n) is 8.25. The first-order valence-corrected chi connectivity index (χ1v) is 8.25. The van der Waals surface area contributed by atoms with Crippen molar-refractivity contribution < 1.29 is 10.2 Å². The zero-order valence-corrected chi connectivity index (χ0v) is 14.8. The van der Waals surface area contributed by atoms with Gasteiger partial charge in [-0.15, -0.1) is 0 Å². The molecule has 0 aromatic heterocycles. The molecule has 0 amide bonds. The maximum atomic E-state index is 10.4. The molecule has 0 atom stereocenters. The van der Waals surface area contributed by atoms with Crippen molar-refractivity contribution in [1.29, 1.82) is 0 Å². The lowest BCUT2D eigenvalue weighted by Gasteiger charge is -2.37. The van der Waals surface area contributed by atoms with Crippen molar-refractivity contribution in [3.05, 3.63) is 47.0 Å². The quantitative estimate of drug-likeness (QED) is 0.686. The van der Waals surface area contributed by atoms with Crippen LogP contribution < -0.4 is 0 Å². The van der Waals surface area contributed by atoms with E-state index in [0.717, 1.165) is 24.0 Å². The van der Waals surface area contributed by atoms with Gasteiger partial charge in [0, 0.05) is 5.92 Å². The summed E-state index contributed by atoms with van der Waals surface area (Å²) in [5, 5.41) is 20.9. The van der Waals surface area contributed by atoms with E-state index < -0.39 is 0 Å². The highest BCUT2D eigenvalue weighted by atomic mass is 16.3. The van der Waals surface area contributed by atoms with Gasteiger partial charge in [-0.25, -0.2) is 0 Å². The van der Waals surface area contributed by atoms with Gasteiger partial charge in [0.05, 0.1) is 0 Å². The third-order valence-electron chi connectivity index (χ3n) is 4.75. The molecule has 0 saturated heterocycles. The van der Waals surface area contributed by atoms with E-state index in [4.69, 9.17) is 0 Å². The van der Waals surface area contributed by atoms with E-state index in [2.05, 4.69) is 53.7 Å². The Balaban J connectivity index is 2.48. The van der Waals surface area contributed by atoms with Crippen LogP contribution in [-0.4, -0.2) is 10.2 Å². The van der Waals surface area contributed by atoms with Gasteiger partial charge in [0.15, 0.2) is 0 Å². The minimum atomic E-state index is 0.0465. The standard InChI is InChI=1S/C20H30O2/c1-13(2)18(14-11-19(3,4)9-7-16(14)21)15-12-20(5,6)10-8-17(15)22/h7-10,13,18,21-22H,11-12H2,1-6H3. The Morgan fingerprint density at radius 3 is 1.50 bits per heavy atom. The lowest BCUT2D eigenvalue weighted by atomic mass is 9.68. The molecular formula is C20H30O2. The summed E-state index contributed by atoms with van der Waals surface area (Å²) in [6, 6.07) is 0. The molecule has 0 radical (unpaired) electrons. The summed E-state index contributed by atoms with van der Waals surface area (Å²) in [7, 11) is 0. The fourth-order valence-corrected chi connectivity index (χ4v) is 3.66. The van der Waals surface area contributed by atoms with Crippen molar-refractivity contribution in [2.45, 2.75) is 54.4 Å². The predicted octanol–water partition coefficient (Wildman–Crippen LogP) is 5.86. The van der Waals surface area contributed by atoms with Crippen molar-refractivity contribution in [2.24, 2.45) is 22.7 Å². The predicted molar refractivity (Wildman–Crippen MR) is 92.7 cm³/mol. The molecule has 0 spiro atoms. The summed E-state index contributed by atoms with van der Waals surface area (Å²) in [6.07, 6.45) is 9.47. The molecule has 2 nitrogen and oxygen atoms in total. The van der Waals surface area contributed by atoms with Crippen molar-refractivity contribution in [3.63, 3.8) is 0 Å². The average molecular weight is 302 g/mol. The molecule has 0 bridgehead atoms. The topological polar surface area (TPSA) is 40.5 Å². The fourth-order valence-electron chi connectivity index (χ4n) is 3.66. The molecular weight excluding hydrogens is 272 g/mol. The molecule has 2 heteroatoms. The monoisotopic (exact) mass is 302 g/mol. The molecule has 0 saturated carbocycles. The second-order valence-corrected chi connectivity index (χ2v) is 8.54. The van der Waals surface area contributed by atoms with E-state index >= 15 is 0 Å². The normalized spacial score (nSPS) is 23.8. The van der Waals surface area contributed by atoms with Crippen molar-refractivity contribution in [3.8, 4) is 0 Å². The van der Waals surface area contributed by atoms with Crippen LogP contribution in [0.2, 0.25) is 0 Å². The zero-order chi connectivity index (χ0) is 16.7. The maximum absolute atomic E-state index is 10.4. The molecule has 0 aromatic rings. The highest BCUT2D eigenvalue weighted by Crippen LogP contribution is 2.46. The smallest absolute Gasteiger partial charge is 0.115 e. The molecule has 0 fully saturated rings. The van der Waals surface area contributed by atoms with Crippen LogP contribution in [0, 0.1) is 22.7 Å². The number of allylic oxidation sites excluding steroid dienone is 6. The van der Waals surface area contributed by atoms with E-state index in [1.807, 2.05) is 12.2 Å². The number of aliphatic hydroxyl groups excluding tert-OH is 2. The molecule has 0 aliphatic heterocycles. The second kappa shape index (κ2) is 5.64. The Bertz CT molecular complexity index is 521. The average Bonchev–Trinajstić information content (AvgIpc) is 2.37. The van der Waals surface area contributed by atoms with Crippen LogP contribution in [0.3, 0.4) is 0 Å². The Labute approximate surface area is 134 Å². The SMILES string of the molecule is CC(C)C(C1=C(O)C=CC(C)(C)C1)C1=C(O)C=CC(C)(C)C1. The van der Waals surface area contributed by atoms with Gasteiger partial charge in [-0.05, 0) is 52.9 Å². The zero-order valence-electron chi connectivity index (χ0n) is 14.8. The Hall–Kier alpha value is -1.44. The molecule has 0 heterocycles. The molecule has 0 aromatic carbocycles. The van der Waals surface area contributed by atoms with E-state index in [-0.39, 0.29) is 16.7 Å². The van der Waals surface area contributed by atoms with Gasteiger partial charge in [-0.1, -0.05) is 53.7 Å². The van der Waals surface area contributed by atoms with Crippen LogP contribution in [0.25, 0.3) is 0 Å². The summed E-state index contributed by atoms with van der Waals surface area (Å²) in [5.74, 6) is 1.18. The molecule has 2 aliphatic carbocycles. The van der Waals surface area contributed by atoms with Crippen LogP contribution in [0.15, 0.2) is 47.0 Å². The largest absolute Gasteiger partial charge is 0.508 e. The van der Waals surface area contributed by atoms with Gasteiger partial charge in [0.25, 0.3) is 0 Å². The van der Waals surface area contributed by atoms with Crippen LogP contribution in [0.5, 0.6) is 0 Å². The van der Waals surface area contributed by atoms with Crippen LogP contribution in [-0.2, 0) is 0 Å². The molecule has 0 unspecified atom stereocenters. The van der Waals surface area contributed by atoms with Gasteiger partial charge in [-0.3, -0.25) is 0 Å². The Morgan fingerprint density at radius 2 is 1.18 bits per heavy atom. The van der Waals surface area contributed by atoms with Gasteiger partial charge in [-0.2, -0.15) is 0 Å². The van der Waals surface area contributed by atoms with Gasteiger partial charge in [0.1, 0.15) is 11.5 Å². The first kappa shape index (κ1) is 16.9. The fraction of sp³-hybridized carbons (Fsp3) is 0.600. The second-order valence-electron chi connectivity index (χ2n) is 8.54. The van der Waals surface area contributed by atoms with Crippen molar-refractivity contribution in [1.82, 2.24) is 0 Å². The summed E-state index contributed by atoms with van der Waals surface area (Å²) >= 11 is 0. The highest BCUT2D eigenvalue weighted by Gasteiger charge is 2.35. The summed E-state index contributed by atoms with van der Waals surface area (Å²) in [6.45, 7) is 13.1. The molecule has 2 N–H and O–H groups in total. The number of hydrogen-bond acceptors (Lipinski definition) is 2. The van der Waals surface area contributed by atoms with Gasteiger partial charge in [0.2, 0.25) is 0 Å². The third-order valence-corrected chi connectivity index (χ3v) is 4.75. The molecule has 2 rings (SSSR count). The Kier molecular flexibility index (Phi) is 4.34. The summed E-state index contributed by atoms with van der Waals surface area (Å²) in [4.78, 5) is 0. The van der Waals surface area contributed by atoms with Gasteiger partial charge < -0.3 is 10.2 Å². The third kappa shape index (κ3) is 3.48. The van der Waals surface area contributed by atoms with Crippen LogP contribution in [0.4, 0.5) is 0 Å². The van der Waals surface area contributed by atoms with E-state index in [1.165, 1.54) is 0 Å². The number of hydrogen-bond donors (Lipinski definition) is 2. The lowest BCUT2D eigenvalue weighted by molar-refractivity contribution is 0.315. The lowest BCUT2D eigenvalue weighted by Crippen LogP contribution is -2.27. The molecule has 2 aliphatic rings. The van der Waals surface area contributed by atoms with Crippen LogP contribution >= 0.6 is 0 Å². The van der Waals surface area contributed by atoms with Crippen LogP contribution in [0.1, 0.15) is 54.4 Å². The molecule has 22 heavy (non-hydrogen) atoms. The van der Waals surface area contributed by atoms with E-state index in [1.54, 1.807) is 0 Å². The minimum absolute atomic E-state index is 0.0465. The van der Waals surface area contributed by atoms with Gasteiger partial charge >= 0.3 is 0 Å². The summed E-state index contributed by atoms with van der Waals surface area (Å²) < 4.78 is 0. The molecule has 122 valence electrons. The Morgan fingerprint density at radius 1 is 0.818 bits per heavy atom. The maximum Gasteiger partial charge on any atom is 0.115 e. The minimum Gasteiger partial charge on any atom is -0.508 e. The van der Waals surface area contributed by atoms with E-state index in [0.29, 0.717) is 17.4 Å². The van der Waals surface area contributed by atoms with Crippen molar-refractivity contribution >= 4 is 0 Å². The number of aliphatic hydroxyl groups is 2. The highest BCUT2D eigenvalue weighted by molar-refractivity contribution is 5.39. The first-order chi connectivity index (χ1) is 10.0. The van der Waals surface area contributed by atoms with Crippen molar-refractivity contribution in [2.75, 3.05) is 0 Å². The van der Waals surface area contributed by atoms with E-state index in [9.17, 15) is 10.2 Å². The number of rotatable bonds is 3. The summed E-state index contributed by atoms with van der Waals surface area (Å²) in [5.41, 5.74) is 2.22.